The number of nitrogens with zero attached hydrogens (tertiary/aromatic N) is 2. The zero-order chi connectivity index (χ0) is 15.4. The predicted octanol–water partition coefficient (Wildman–Crippen LogP) is 2.79. The summed E-state index contributed by atoms with van der Waals surface area (Å²) in [6.45, 7) is 2.48. The maximum atomic E-state index is 11.7. The number of aromatic nitrogens is 2. The van der Waals surface area contributed by atoms with Gasteiger partial charge >= 0.3 is 0 Å². The van der Waals surface area contributed by atoms with Crippen LogP contribution in [0.15, 0.2) is 47.3 Å². The van der Waals surface area contributed by atoms with Gasteiger partial charge in [-0.2, -0.15) is 0 Å². The van der Waals surface area contributed by atoms with Crippen molar-refractivity contribution in [3.63, 3.8) is 0 Å². The fourth-order valence-electron chi connectivity index (χ4n) is 2.12. The Hall–Kier alpha value is -2.21. The minimum Gasteiger partial charge on any atom is -0.467 e. The number of furan rings is 1. The van der Waals surface area contributed by atoms with Gasteiger partial charge in [-0.1, -0.05) is 6.07 Å². The summed E-state index contributed by atoms with van der Waals surface area (Å²) in [5.41, 5.74) is 3.11. The Morgan fingerprint density at radius 3 is 3.09 bits per heavy atom. The maximum absolute atomic E-state index is 11.7. The summed E-state index contributed by atoms with van der Waals surface area (Å²) in [6.07, 6.45) is 5.66. The molecule has 0 aliphatic carbocycles. The van der Waals surface area contributed by atoms with Crippen LogP contribution >= 0.6 is 11.8 Å². The summed E-state index contributed by atoms with van der Waals surface area (Å²) in [6, 6.07) is 7.69. The summed E-state index contributed by atoms with van der Waals surface area (Å²) >= 11 is 1.55. The number of imidazole rings is 1. The molecule has 114 valence electrons. The highest BCUT2D eigenvalue weighted by Gasteiger charge is 2.06. The van der Waals surface area contributed by atoms with Crippen LogP contribution in [0, 0.1) is 6.92 Å². The van der Waals surface area contributed by atoms with Gasteiger partial charge < -0.3 is 14.1 Å². The number of amides is 1. The number of rotatable bonds is 6. The van der Waals surface area contributed by atoms with E-state index in [1.165, 1.54) is 5.56 Å². The molecule has 0 unspecified atom stereocenters. The smallest absolute Gasteiger partial charge is 0.230 e. The van der Waals surface area contributed by atoms with Gasteiger partial charge in [0.2, 0.25) is 5.91 Å². The molecule has 0 bridgehead atoms. The first kappa shape index (κ1) is 14.7. The van der Waals surface area contributed by atoms with E-state index in [4.69, 9.17) is 4.42 Å². The first-order valence-electron chi connectivity index (χ1n) is 7.02. The highest BCUT2D eigenvalue weighted by atomic mass is 32.2. The van der Waals surface area contributed by atoms with Gasteiger partial charge in [0.05, 0.1) is 24.3 Å². The van der Waals surface area contributed by atoms with Crippen molar-refractivity contribution in [2.75, 3.05) is 5.75 Å². The van der Waals surface area contributed by atoms with Crippen LogP contribution in [0.4, 0.5) is 0 Å². The third kappa shape index (κ3) is 3.71. The largest absolute Gasteiger partial charge is 0.467 e. The summed E-state index contributed by atoms with van der Waals surface area (Å²) in [5, 5.41) is 2.83. The Labute approximate surface area is 132 Å². The van der Waals surface area contributed by atoms with Crippen molar-refractivity contribution in [1.29, 1.82) is 0 Å². The van der Waals surface area contributed by atoms with Crippen molar-refractivity contribution >= 4 is 23.3 Å². The molecule has 0 aromatic carbocycles. The highest BCUT2D eigenvalue weighted by Crippen LogP contribution is 2.13. The molecule has 3 aromatic heterocycles. The first-order valence-corrected chi connectivity index (χ1v) is 8.17. The quantitative estimate of drug-likeness (QED) is 0.760. The van der Waals surface area contributed by atoms with E-state index in [2.05, 4.69) is 17.2 Å². The zero-order valence-electron chi connectivity index (χ0n) is 12.3. The Morgan fingerprint density at radius 2 is 2.27 bits per heavy atom. The first-order chi connectivity index (χ1) is 10.7. The van der Waals surface area contributed by atoms with Crippen LogP contribution in [-0.2, 0) is 17.1 Å². The standard InChI is InChI=1S/C16H17N3O2S/c1-12-4-5-15-18-13(9-19(15)8-12)10-22-11-16(20)17-7-14-3-2-6-21-14/h2-6,8-9H,7,10-11H2,1H3,(H,17,20). The van der Waals surface area contributed by atoms with E-state index in [-0.39, 0.29) is 5.91 Å². The summed E-state index contributed by atoms with van der Waals surface area (Å²) in [7, 11) is 0. The Balaban J connectivity index is 1.46. The Kier molecular flexibility index (Phi) is 4.48. The third-order valence-corrected chi connectivity index (χ3v) is 4.14. The lowest BCUT2D eigenvalue weighted by Crippen LogP contribution is -2.24. The normalized spacial score (nSPS) is 11.0. The second kappa shape index (κ2) is 6.70. The van der Waals surface area contributed by atoms with Crippen molar-refractivity contribution in [3.05, 3.63) is 59.9 Å². The number of hydrogen-bond donors (Lipinski definition) is 1. The van der Waals surface area contributed by atoms with Gasteiger partial charge in [-0.15, -0.1) is 11.8 Å². The second-order valence-corrected chi connectivity index (χ2v) is 6.04. The monoisotopic (exact) mass is 315 g/mol. The lowest BCUT2D eigenvalue weighted by Gasteiger charge is -2.02. The van der Waals surface area contributed by atoms with E-state index in [1.807, 2.05) is 35.0 Å². The molecular weight excluding hydrogens is 298 g/mol. The van der Waals surface area contributed by atoms with Crippen molar-refractivity contribution < 1.29 is 9.21 Å². The molecule has 6 heteroatoms. The van der Waals surface area contributed by atoms with E-state index in [9.17, 15) is 4.79 Å². The van der Waals surface area contributed by atoms with Crippen molar-refractivity contribution in [2.45, 2.75) is 19.2 Å². The molecule has 0 atom stereocenters. The SMILES string of the molecule is Cc1ccc2nc(CSCC(=O)NCc3ccco3)cn2c1. The average Bonchev–Trinajstić information content (AvgIpc) is 3.13. The average molecular weight is 315 g/mol. The van der Waals surface area contributed by atoms with Crippen LogP contribution in [-0.4, -0.2) is 21.0 Å². The molecule has 22 heavy (non-hydrogen) atoms. The van der Waals surface area contributed by atoms with Crippen LogP contribution in [0.5, 0.6) is 0 Å². The molecule has 1 N–H and O–H groups in total. The minimum absolute atomic E-state index is 0.000934. The topological polar surface area (TPSA) is 59.5 Å². The Bertz CT molecular complexity index is 765. The number of aryl methyl sites for hydroxylation is 1. The number of fused-ring (bicyclic) bond motifs is 1. The van der Waals surface area contributed by atoms with Gasteiger partial charge in [-0.3, -0.25) is 4.79 Å². The van der Waals surface area contributed by atoms with Crippen LogP contribution in [0.25, 0.3) is 5.65 Å². The fraction of sp³-hybridized carbons (Fsp3) is 0.250. The van der Waals surface area contributed by atoms with Crippen LogP contribution in [0.1, 0.15) is 17.0 Å². The number of carbonyl (C=O) groups is 1. The molecule has 0 spiro atoms. The molecule has 0 aliphatic heterocycles. The fourth-order valence-corrected chi connectivity index (χ4v) is 2.86. The highest BCUT2D eigenvalue weighted by molar-refractivity contribution is 7.99. The van der Waals surface area contributed by atoms with Crippen LogP contribution < -0.4 is 5.32 Å². The van der Waals surface area contributed by atoms with E-state index >= 15 is 0 Å². The van der Waals surface area contributed by atoms with Gasteiger partial charge in [0.1, 0.15) is 11.4 Å². The number of thioether (sulfide) groups is 1. The minimum atomic E-state index is 0.000934. The molecule has 3 aromatic rings. The summed E-state index contributed by atoms with van der Waals surface area (Å²) in [4.78, 5) is 16.3. The number of hydrogen-bond acceptors (Lipinski definition) is 4. The lowest BCUT2D eigenvalue weighted by molar-refractivity contribution is -0.118. The molecule has 0 saturated heterocycles. The van der Waals surface area contributed by atoms with Crippen LogP contribution in [0.2, 0.25) is 0 Å². The van der Waals surface area contributed by atoms with Crippen molar-refractivity contribution in [2.24, 2.45) is 0 Å². The molecule has 0 saturated carbocycles. The van der Waals surface area contributed by atoms with Gasteiger partial charge in [0.25, 0.3) is 0 Å². The zero-order valence-corrected chi connectivity index (χ0v) is 13.1. The summed E-state index contributed by atoms with van der Waals surface area (Å²) in [5.74, 6) is 1.89. The molecule has 5 nitrogen and oxygen atoms in total. The van der Waals surface area contributed by atoms with E-state index in [0.717, 1.165) is 22.9 Å². The molecule has 3 heterocycles. The molecule has 3 rings (SSSR count). The van der Waals surface area contributed by atoms with E-state index in [1.54, 1.807) is 24.1 Å². The van der Waals surface area contributed by atoms with Crippen molar-refractivity contribution in [3.8, 4) is 0 Å². The lowest BCUT2D eigenvalue weighted by atomic mass is 10.3. The third-order valence-electron chi connectivity index (χ3n) is 3.17. The number of pyridine rings is 1. The second-order valence-electron chi connectivity index (χ2n) is 5.05. The van der Waals surface area contributed by atoms with E-state index < -0.39 is 0 Å². The molecule has 0 aliphatic rings. The Morgan fingerprint density at radius 1 is 1.36 bits per heavy atom. The van der Waals surface area contributed by atoms with Gasteiger partial charge in [0, 0.05) is 18.1 Å². The van der Waals surface area contributed by atoms with Gasteiger partial charge in [-0.05, 0) is 30.7 Å². The van der Waals surface area contributed by atoms with Gasteiger partial charge in [0.15, 0.2) is 0 Å². The van der Waals surface area contributed by atoms with Crippen molar-refractivity contribution in [1.82, 2.24) is 14.7 Å². The van der Waals surface area contributed by atoms with Gasteiger partial charge in [-0.25, -0.2) is 4.98 Å². The molecule has 0 fully saturated rings. The summed E-state index contributed by atoms with van der Waals surface area (Å²) < 4.78 is 7.18. The molecule has 1 amide bonds. The predicted molar refractivity (Wildman–Crippen MR) is 86.6 cm³/mol. The molecular formula is C16H17N3O2S. The van der Waals surface area contributed by atoms with E-state index in [0.29, 0.717) is 12.3 Å². The maximum Gasteiger partial charge on any atom is 0.230 e. The van der Waals surface area contributed by atoms with Crippen LogP contribution in [0.3, 0.4) is 0 Å². The number of carbonyl (C=O) groups excluding carboxylic acids is 1. The number of nitrogens with one attached hydrogen (secondary N) is 1. The molecule has 0 radical (unpaired) electrons.